The molecule has 104 valence electrons. The minimum atomic E-state index is -0.0954. The molecule has 2 heterocycles. The number of aromatic amines is 1. The van der Waals surface area contributed by atoms with E-state index in [1.54, 1.807) is 0 Å². The topological polar surface area (TPSA) is 58.2 Å². The highest BCUT2D eigenvalue weighted by atomic mass is 16.5. The van der Waals surface area contributed by atoms with Gasteiger partial charge < -0.3 is 9.72 Å². The molecule has 19 heavy (non-hydrogen) atoms. The van der Waals surface area contributed by atoms with Crippen molar-refractivity contribution in [3.05, 3.63) is 27.9 Å². The standard InChI is InChI=1S/C14H21N3O2/c1-10-8-13(18)16-14(15-10)12-9-17(6-7-19-12)11-4-2-3-5-11/h8,11-12H,2-7,9H2,1H3,(H,15,16,18)/t12-/m0/s1. The van der Waals surface area contributed by atoms with E-state index in [1.165, 1.54) is 31.7 Å². The maximum atomic E-state index is 11.5. The summed E-state index contributed by atoms with van der Waals surface area (Å²) < 4.78 is 5.79. The van der Waals surface area contributed by atoms with Gasteiger partial charge in [-0.25, -0.2) is 4.98 Å². The monoisotopic (exact) mass is 263 g/mol. The number of nitrogens with one attached hydrogen (secondary N) is 1. The molecule has 1 aliphatic heterocycles. The lowest BCUT2D eigenvalue weighted by Gasteiger charge is -2.36. The number of aromatic nitrogens is 2. The fourth-order valence-corrected chi connectivity index (χ4v) is 3.19. The van der Waals surface area contributed by atoms with Gasteiger partial charge in [0.2, 0.25) is 0 Å². The molecule has 1 aromatic heterocycles. The van der Waals surface area contributed by atoms with E-state index in [0.29, 0.717) is 11.9 Å². The van der Waals surface area contributed by atoms with Crippen molar-refractivity contribution in [2.45, 2.75) is 44.8 Å². The molecule has 0 radical (unpaired) electrons. The molecule has 0 aromatic carbocycles. The van der Waals surface area contributed by atoms with E-state index in [9.17, 15) is 4.79 Å². The molecule has 3 rings (SSSR count). The molecule has 0 unspecified atom stereocenters. The van der Waals surface area contributed by atoms with Gasteiger partial charge in [0.05, 0.1) is 6.61 Å². The molecule has 1 saturated heterocycles. The summed E-state index contributed by atoms with van der Waals surface area (Å²) in [4.78, 5) is 21.3. The number of aryl methyl sites for hydroxylation is 1. The second-order valence-corrected chi connectivity index (χ2v) is 5.56. The van der Waals surface area contributed by atoms with Gasteiger partial charge in [0, 0.05) is 30.9 Å². The minimum Gasteiger partial charge on any atom is -0.368 e. The zero-order valence-electron chi connectivity index (χ0n) is 11.4. The molecule has 5 nitrogen and oxygen atoms in total. The third-order valence-corrected chi connectivity index (χ3v) is 4.13. The van der Waals surface area contributed by atoms with Crippen LogP contribution in [-0.2, 0) is 4.74 Å². The third-order valence-electron chi connectivity index (χ3n) is 4.13. The largest absolute Gasteiger partial charge is 0.368 e. The van der Waals surface area contributed by atoms with Crippen LogP contribution in [0.5, 0.6) is 0 Å². The average molecular weight is 263 g/mol. The maximum Gasteiger partial charge on any atom is 0.251 e. The molecule has 1 atom stereocenters. The minimum absolute atomic E-state index is 0.0934. The Morgan fingerprint density at radius 1 is 1.42 bits per heavy atom. The lowest BCUT2D eigenvalue weighted by molar-refractivity contribution is -0.0481. The predicted octanol–water partition coefficient (Wildman–Crippen LogP) is 1.39. The Labute approximate surface area is 113 Å². The Morgan fingerprint density at radius 3 is 2.95 bits per heavy atom. The van der Waals surface area contributed by atoms with Crippen LogP contribution >= 0.6 is 0 Å². The SMILES string of the molecule is Cc1cc(=O)[nH]c([C@@H]2CN(C3CCCC3)CCO2)n1. The molecule has 5 heteroatoms. The summed E-state index contributed by atoms with van der Waals surface area (Å²) in [7, 11) is 0. The summed E-state index contributed by atoms with van der Waals surface area (Å²) in [6, 6.07) is 2.21. The van der Waals surface area contributed by atoms with Gasteiger partial charge in [-0.1, -0.05) is 12.8 Å². The summed E-state index contributed by atoms with van der Waals surface area (Å²) in [5.74, 6) is 0.674. The van der Waals surface area contributed by atoms with Gasteiger partial charge in [-0.15, -0.1) is 0 Å². The normalized spacial score (nSPS) is 25.8. The van der Waals surface area contributed by atoms with E-state index in [-0.39, 0.29) is 11.7 Å². The van der Waals surface area contributed by atoms with E-state index < -0.39 is 0 Å². The summed E-state index contributed by atoms with van der Waals surface area (Å²) >= 11 is 0. The molecule has 1 aliphatic carbocycles. The number of hydrogen-bond acceptors (Lipinski definition) is 4. The molecule has 2 aliphatic rings. The van der Waals surface area contributed by atoms with Gasteiger partial charge in [0.1, 0.15) is 11.9 Å². The van der Waals surface area contributed by atoms with Crippen molar-refractivity contribution in [3.8, 4) is 0 Å². The molecule has 0 amide bonds. The summed E-state index contributed by atoms with van der Waals surface area (Å²) in [6.07, 6.45) is 5.18. The van der Waals surface area contributed by atoms with Gasteiger partial charge in [-0.2, -0.15) is 0 Å². The lowest BCUT2D eigenvalue weighted by atomic mass is 10.1. The van der Waals surface area contributed by atoms with Crippen molar-refractivity contribution in [1.29, 1.82) is 0 Å². The fourth-order valence-electron chi connectivity index (χ4n) is 3.19. The first-order chi connectivity index (χ1) is 9.22. The van der Waals surface area contributed by atoms with Gasteiger partial charge >= 0.3 is 0 Å². The van der Waals surface area contributed by atoms with Crippen LogP contribution in [0, 0.1) is 6.92 Å². The highest BCUT2D eigenvalue weighted by molar-refractivity contribution is 5.03. The highest BCUT2D eigenvalue weighted by Crippen LogP contribution is 2.28. The van der Waals surface area contributed by atoms with Crippen LogP contribution in [0.3, 0.4) is 0 Å². The molecule has 1 aromatic rings. The van der Waals surface area contributed by atoms with Crippen LogP contribution in [-0.4, -0.2) is 40.6 Å². The maximum absolute atomic E-state index is 11.5. The van der Waals surface area contributed by atoms with Crippen molar-refractivity contribution in [3.63, 3.8) is 0 Å². The average Bonchev–Trinajstić information content (AvgIpc) is 2.92. The molecule has 2 fully saturated rings. The highest BCUT2D eigenvalue weighted by Gasteiger charge is 2.30. The summed E-state index contributed by atoms with van der Waals surface area (Å²) in [5, 5.41) is 0. The van der Waals surface area contributed by atoms with Crippen molar-refractivity contribution >= 4 is 0 Å². The van der Waals surface area contributed by atoms with Crippen LogP contribution in [0.15, 0.2) is 10.9 Å². The second-order valence-electron chi connectivity index (χ2n) is 5.56. The Balaban J connectivity index is 1.75. The van der Waals surface area contributed by atoms with E-state index in [4.69, 9.17) is 4.74 Å². The zero-order valence-corrected chi connectivity index (χ0v) is 11.4. The first-order valence-electron chi connectivity index (χ1n) is 7.16. The van der Waals surface area contributed by atoms with Crippen LogP contribution in [0.1, 0.15) is 43.3 Å². The van der Waals surface area contributed by atoms with E-state index in [0.717, 1.165) is 25.4 Å². The number of rotatable bonds is 2. The van der Waals surface area contributed by atoms with Gasteiger partial charge in [-0.05, 0) is 19.8 Å². The lowest BCUT2D eigenvalue weighted by Crippen LogP contribution is -2.44. The fraction of sp³-hybridized carbons (Fsp3) is 0.714. The number of H-pyrrole nitrogens is 1. The van der Waals surface area contributed by atoms with Crippen LogP contribution < -0.4 is 5.56 Å². The number of hydrogen-bond donors (Lipinski definition) is 1. The van der Waals surface area contributed by atoms with Gasteiger partial charge in [-0.3, -0.25) is 9.69 Å². The second kappa shape index (κ2) is 5.43. The third kappa shape index (κ3) is 2.87. The molecular weight excluding hydrogens is 242 g/mol. The van der Waals surface area contributed by atoms with Gasteiger partial charge in [0.25, 0.3) is 5.56 Å². The molecule has 1 saturated carbocycles. The molecule has 1 N–H and O–H groups in total. The van der Waals surface area contributed by atoms with Crippen molar-refractivity contribution in [2.75, 3.05) is 19.7 Å². The summed E-state index contributed by atoms with van der Waals surface area (Å²) in [5.41, 5.74) is 0.657. The van der Waals surface area contributed by atoms with Crippen LogP contribution in [0.25, 0.3) is 0 Å². The first-order valence-corrected chi connectivity index (χ1v) is 7.16. The van der Waals surface area contributed by atoms with Gasteiger partial charge in [0.15, 0.2) is 0 Å². The Bertz CT molecular complexity index is 494. The number of ether oxygens (including phenoxy) is 1. The first kappa shape index (κ1) is 12.8. The van der Waals surface area contributed by atoms with E-state index >= 15 is 0 Å². The quantitative estimate of drug-likeness (QED) is 0.876. The van der Waals surface area contributed by atoms with Crippen molar-refractivity contribution < 1.29 is 4.74 Å². The van der Waals surface area contributed by atoms with Crippen LogP contribution in [0.4, 0.5) is 0 Å². The number of morpholine rings is 1. The Hall–Kier alpha value is -1.20. The zero-order chi connectivity index (χ0) is 13.2. The predicted molar refractivity (Wildman–Crippen MR) is 72.1 cm³/mol. The van der Waals surface area contributed by atoms with E-state index in [2.05, 4.69) is 14.9 Å². The molecule has 0 bridgehead atoms. The molecule has 0 spiro atoms. The molecular formula is C14H21N3O2. The van der Waals surface area contributed by atoms with Crippen molar-refractivity contribution in [2.24, 2.45) is 0 Å². The van der Waals surface area contributed by atoms with Crippen molar-refractivity contribution in [1.82, 2.24) is 14.9 Å². The van der Waals surface area contributed by atoms with E-state index in [1.807, 2.05) is 6.92 Å². The Kier molecular flexibility index (Phi) is 3.66. The van der Waals surface area contributed by atoms with Crippen LogP contribution in [0.2, 0.25) is 0 Å². The number of nitrogens with zero attached hydrogens (tertiary/aromatic N) is 2. The smallest absolute Gasteiger partial charge is 0.251 e. The summed E-state index contributed by atoms with van der Waals surface area (Å²) in [6.45, 7) is 4.41. The Morgan fingerprint density at radius 2 is 2.21 bits per heavy atom.